The predicted molar refractivity (Wildman–Crippen MR) is 121 cm³/mol. The number of nitrogens with zero attached hydrogens (tertiary/aromatic N) is 1. The van der Waals surface area contributed by atoms with Gasteiger partial charge in [-0.15, -0.1) is 0 Å². The number of Topliss-reactive ketones (excluding diaryl/α,β-unsaturated/α-hetero) is 1. The molecule has 6 heteroatoms. The molecule has 0 saturated heterocycles. The van der Waals surface area contributed by atoms with E-state index in [0.29, 0.717) is 40.6 Å². The number of halogens is 1. The van der Waals surface area contributed by atoms with Crippen LogP contribution in [0.25, 0.3) is 0 Å². The second-order valence-electron chi connectivity index (χ2n) is 8.82. The van der Waals surface area contributed by atoms with Gasteiger partial charge >= 0.3 is 0 Å². The van der Waals surface area contributed by atoms with Crippen LogP contribution >= 0.6 is 11.6 Å². The summed E-state index contributed by atoms with van der Waals surface area (Å²) in [6.07, 6.45) is 1.19. The van der Waals surface area contributed by atoms with Gasteiger partial charge in [-0.05, 0) is 30.0 Å². The Balaban J connectivity index is 1.95. The number of methoxy groups -OCH3 is 2. The van der Waals surface area contributed by atoms with Crippen molar-refractivity contribution >= 4 is 29.0 Å². The van der Waals surface area contributed by atoms with Crippen LogP contribution in [0.2, 0.25) is 5.02 Å². The Labute approximate surface area is 187 Å². The minimum absolute atomic E-state index is 0.0608. The fraction of sp³-hybridized carbons (Fsp3) is 0.360. The topological polar surface area (TPSA) is 55.8 Å². The van der Waals surface area contributed by atoms with Crippen molar-refractivity contribution in [2.75, 3.05) is 19.1 Å². The molecule has 2 aromatic rings. The van der Waals surface area contributed by atoms with Gasteiger partial charge in [-0.25, -0.2) is 0 Å². The van der Waals surface area contributed by atoms with Gasteiger partial charge < -0.3 is 9.47 Å². The molecule has 1 aliphatic carbocycles. The van der Waals surface area contributed by atoms with E-state index in [4.69, 9.17) is 21.1 Å². The lowest BCUT2D eigenvalue weighted by molar-refractivity contribution is -0.121. The van der Waals surface area contributed by atoms with Crippen LogP contribution in [0.3, 0.4) is 0 Å². The molecule has 0 radical (unpaired) electrons. The first kappa shape index (κ1) is 21.4. The molecule has 0 N–H and O–H groups in total. The van der Waals surface area contributed by atoms with Gasteiger partial charge in [-0.2, -0.15) is 0 Å². The summed E-state index contributed by atoms with van der Waals surface area (Å²) in [7, 11) is 3.15. The summed E-state index contributed by atoms with van der Waals surface area (Å²) >= 11 is 6.46. The molecule has 1 atom stereocenters. The second kappa shape index (κ2) is 8.04. The molecule has 0 fully saturated rings. The maximum Gasteiger partial charge on any atom is 0.232 e. The Kier molecular flexibility index (Phi) is 5.56. The Morgan fingerprint density at radius 2 is 1.74 bits per heavy atom. The molecule has 0 spiro atoms. The van der Waals surface area contributed by atoms with Crippen LogP contribution in [-0.2, 0) is 9.59 Å². The molecule has 1 aliphatic heterocycles. The highest BCUT2D eigenvalue weighted by Gasteiger charge is 2.45. The molecule has 0 saturated carbocycles. The maximum atomic E-state index is 13.5. The average Bonchev–Trinajstić information content (AvgIpc) is 2.72. The summed E-state index contributed by atoms with van der Waals surface area (Å²) in [5, 5.41) is 0.482. The second-order valence-corrected chi connectivity index (χ2v) is 9.23. The number of rotatable bonds is 4. The minimum atomic E-state index is -0.394. The largest absolute Gasteiger partial charge is 0.493 e. The highest BCUT2D eigenvalue weighted by molar-refractivity contribution is 6.34. The summed E-state index contributed by atoms with van der Waals surface area (Å²) in [5.41, 5.74) is 2.56. The number of para-hydroxylation sites is 2. The lowest BCUT2D eigenvalue weighted by Crippen LogP contribution is -2.43. The van der Waals surface area contributed by atoms with E-state index in [9.17, 15) is 9.59 Å². The molecule has 31 heavy (non-hydrogen) atoms. The monoisotopic (exact) mass is 439 g/mol. The normalized spacial score (nSPS) is 20.5. The van der Waals surface area contributed by atoms with Gasteiger partial charge in [0, 0.05) is 35.6 Å². The summed E-state index contributed by atoms with van der Waals surface area (Å²) in [6.45, 7) is 4.11. The standard InChI is InChI=1S/C25H26ClNO4/c1-25(2)13-19-23(20(28)14-25)16(15-8-7-11-21(30-3)24(15)31-4)12-22(29)27(19)18-10-6-5-9-17(18)26/h5-11,16H,12-14H2,1-4H3/t16-/m1/s1. The predicted octanol–water partition coefficient (Wildman–Crippen LogP) is 5.52. The Morgan fingerprint density at radius 1 is 1.00 bits per heavy atom. The fourth-order valence-corrected chi connectivity index (χ4v) is 5.00. The van der Waals surface area contributed by atoms with E-state index >= 15 is 0 Å². The average molecular weight is 440 g/mol. The number of allylic oxidation sites excluding steroid dienone is 2. The van der Waals surface area contributed by atoms with Gasteiger partial charge in [0.25, 0.3) is 0 Å². The van der Waals surface area contributed by atoms with Crippen molar-refractivity contribution in [2.45, 2.75) is 39.0 Å². The third kappa shape index (κ3) is 3.72. The van der Waals surface area contributed by atoms with Crippen LogP contribution < -0.4 is 14.4 Å². The van der Waals surface area contributed by atoms with Crippen molar-refractivity contribution in [2.24, 2.45) is 5.41 Å². The lowest BCUT2D eigenvalue weighted by Gasteiger charge is -2.43. The first-order chi connectivity index (χ1) is 14.8. The molecule has 0 bridgehead atoms. The van der Waals surface area contributed by atoms with Gasteiger partial charge in [0.2, 0.25) is 5.91 Å². The number of anilines is 1. The van der Waals surface area contributed by atoms with Crippen molar-refractivity contribution in [1.82, 2.24) is 0 Å². The number of hydrogen-bond acceptors (Lipinski definition) is 4. The van der Waals surface area contributed by atoms with E-state index in [0.717, 1.165) is 11.3 Å². The molecule has 1 amide bonds. The van der Waals surface area contributed by atoms with Crippen molar-refractivity contribution in [3.05, 3.63) is 64.3 Å². The van der Waals surface area contributed by atoms with Crippen LogP contribution in [0, 0.1) is 5.41 Å². The van der Waals surface area contributed by atoms with Crippen molar-refractivity contribution in [3.8, 4) is 11.5 Å². The zero-order chi connectivity index (χ0) is 22.3. The van der Waals surface area contributed by atoms with Crippen molar-refractivity contribution in [1.29, 1.82) is 0 Å². The molecule has 1 heterocycles. The van der Waals surface area contributed by atoms with E-state index in [1.165, 1.54) is 0 Å². The highest BCUT2D eigenvalue weighted by atomic mass is 35.5. The lowest BCUT2D eigenvalue weighted by atomic mass is 9.69. The number of hydrogen-bond donors (Lipinski definition) is 0. The summed E-state index contributed by atoms with van der Waals surface area (Å²) in [5.74, 6) is 0.706. The fourth-order valence-electron chi connectivity index (χ4n) is 4.78. The first-order valence-corrected chi connectivity index (χ1v) is 10.7. The van der Waals surface area contributed by atoms with Crippen LogP contribution in [0.5, 0.6) is 11.5 Å². The number of ether oxygens (including phenoxy) is 2. The first-order valence-electron chi connectivity index (χ1n) is 10.3. The SMILES string of the molecule is COc1cccc([C@H]2CC(=O)N(c3ccccc3Cl)C3=C2C(=O)CC(C)(C)C3)c1OC. The van der Waals surface area contributed by atoms with E-state index in [1.807, 2.05) is 36.4 Å². The van der Waals surface area contributed by atoms with E-state index in [-0.39, 0.29) is 23.5 Å². The molecule has 0 unspecified atom stereocenters. The van der Waals surface area contributed by atoms with Crippen molar-refractivity contribution in [3.63, 3.8) is 0 Å². The van der Waals surface area contributed by atoms with Gasteiger partial charge in [0.1, 0.15) is 0 Å². The number of carbonyl (C=O) groups is 2. The molecule has 5 nitrogen and oxygen atoms in total. The number of carbonyl (C=O) groups excluding carboxylic acids is 2. The number of benzene rings is 2. The van der Waals surface area contributed by atoms with Gasteiger partial charge in [0.15, 0.2) is 17.3 Å². The molecule has 2 aromatic carbocycles. The Morgan fingerprint density at radius 3 is 2.42 bits per heavy atom. The molecule has 4 rings (SSSR count). The smallest absolute Gasteiger partial charge is 0.232 e. The van der Waals surface area contributed by atoms with Crippen LogP contribution in [-0.4, -0.2) is 25.9 Å². The van der Waals surface area contributed by atoms with Gasteiger partial charge in [-0.1, -0.05) is 49.7 Å². The van der Waals surface area contributed by atoms with Gasteiger partial charge in [0.05, 0.1) is 24.9 Å². The summed E-state index contributed by atoms with van der Waals surface area (Å²) < 4.78 is 11.1. The molecule has 0 aromatic heterocycles. The summed E-state index contributed by atoms with van der Waals surface area (Å²) in [6, 6.07) is 12.8. The highest BCUT2D eigenvalue weighted by Crippen LogP contribution is 2.51. The van der Waals surface area contributed by atoms with Crippen molar-refractivity contribution < 1.29 is 19.1 Å². The van der Waals surface area contributed by atoms with Gasteiger partial charge in [-0.3, -0.25) is 14.5 Å². The number of amides is 1. The Hall–Kier alpha value is -2.79. The van der Waals surface area contributed by atoms with E-state index in [2.05, 4.69) is 13.8 Å². The zero-order valence-corrected chi connectivity index (χ0v) is 19.0. The van der Waals surface area contributed by atoms with Crippen LogP contribution in [0.4, 0.5) is 5.69 Å². The molecular formula is C25H26ClNO4. The maximum absolute atomic E-state index is 13.5. The quantitative estimate of drug-likeness (QED) is 0.629. The third-order valence-corrected chi connectivity index (χ3v) is 6.36. The summed E-state index contributed by atoms with van der Waals surface area (Å²) in [4.78, 5) is 28.6. The third-order valence-electron chi connectivity index (χ3n) is 6.05. The minimum Gasteiger partial charge on any atom is -0.493 e. The number of ketones is 1. The van der Waals surface area contributed by atoms with Crippen LogP contribution in [0.15, 0.2) is 53.7 Å². The molecule has 2 aliphatic rings. The van der Waals surface area contributed by atoms with Crippen LogP contribution in [0.1, 0.15) is 44.6 Å². The van der Waals surface area contributed by atoms with E-state index < -0.39 is 5.92 Å². The zero-order valence-electron chi connectivity index (χ0n) is 18.2. The van der Waals surface area contributed by atoms with E-state index in [1.54, 1.807) is 25.2 Å². The molecular weight excluding hydrogens is 414 g/mol. The Bertz CT molecular complexity index is 1090. The molecule has 162 valence electrons.